The molecule has 1 heterocycles. The molecule has 2 atom stereocenters. The van der Waals surface area contributed by atoms with Gasteiger partial charge in [0.2, 0.25) is 0 Å². The Morgan fingerprint density at radius 3 is 2.46 bits per heavy atom. The second kappa shape index (κ2) is 13.3. The van der Waals surface area contributed by atoms with Gasteiger partial charge in [0.15, 0.2) is 0 Å². The second-order valence-corrected chi connectivity index (χ2v) is 9.32. The minimum absolute atomic E-state index is 0. The molecule has 0 aliphatic carbocycles. The number of likely N-dealkylation sites (tertiary alicyclic amines) is 1. The fourth-order valence-corrected chi connectivity index (χ4v) is 4.61. The van der Waals surface area contributed by atoms with Crippen LogP contribution in [0.3, 0.4) is 0 Å². The maximum atomic E-state index is 13.5. The number of para-hydroxylation sites is 1. The van der Waals surface area contributed by atoms with Crippen LogP contribution in [0.5, 0.6) is 0 Å². The molecular formula is C29H28N4NiO5. The minimum atomic E-state index is -1.31. The van der Waals surface area contributed by atoms with Gasteiger partial charge in [-0.15, -0.1) is 0 Å². The number of carbonyl (C=O) groups is 1. The van der Waals surface area contributed by atoms with E-state index < -0.39 is 23.0 Å². The average Bonchev–Trinajstić information content (AvgIpc) is 3.37. The Balaban J connectivity index is 0.00000420. The van der Waals surface area contributed by atoms with Gasteiger partial charge in [0.05, 0.1) is 28.3 Å². The predicted molar refractivity (Wildman–Crippen MR) is 141 cm³/mol. The van der Waals surface area contributed by atoms with Crippen molar-refractivity contribution in [1.29, 1.82) is 0 Å². The molecule has 10 heteroatoms. The van der Waals surface area contributed by atoms with Crippen LogP contribution in [0.15, 0.2) is 82.8 Å². The molecule has 39 heavy (non-hydrogen) atoms. The Bertz CT molecular complexity index is 1390. The van der Waals surface area contributed by atoms with Gasteiger partial charge >= 0.3 is 16.5 Å². The summed E-state index contributed by atoms with van der Waals surface area (Å²) in [6.07, 6.45) is 1.36. The van der Waals surface area contributed by atoms with Gasteiger partial charge in [0.25, 0.3) is 5.69 Å². The molecule has 0 bridgehead atoms. The van der Waals surface area contributed by atoms with Crippen LogP contribution >= 0.6 is 0 Å². The number of hydrogen-bond donors (Lipinski definition) is 0. The van der Waals surface area contributed by atoms with Crippen LogP contribution in [-0.4, -0.2) is 46.0 Å². The van der Waals surface area contributed by atoms with Crippen LogP contribution < -0.4 is 10.2 Å². The number of aliphatic carboxylic acids is 1. The van der Waals surface area contributed by atoms with Crippen molar-refractivity contribution in [2.75, 3.05) is 6.54 Å². The minimum Gasteiger partial charge on any atom is -0.861 e. The van der Waals surface area contributed by atoms with Crippen LogP contribution in [-0.2, 0) is 27.8 Å². The van der Waals surface area contributed by atoms with Crippen LogP contribution in [0.1, 0.15) is 42.0 Å². The van der Waals surface area contributed by atoms with Gasteiger partial charge in [-0.25, -0.2) is 0 Å². The molecule has 0 radical (unpaired) electrons. The van der Waals surface area contributed by atoms with E-state index in [9.17, 15) is 25.1 Å². The number of carboxylic acids is 1. The van der Waals surface area contributed by atoms with Crippen molar-refractivity contribution in [1.82, 2.24) is 4.90 Å². The number of nitro groups is 1. The van der Waals surface area contributed by atoms with Crippen molar-refractivity contribution in [2.24, 2.45) is 9.98 Å². The number of aryl methyl sites for hydroxylation is 1. The van der Waals surface area contributed by atoms with Crippen molar-refractivity contribution in [2.45, 2.75) is 45.3 Å². The first-order valence-electron chi connectivity index (χ1n) is 12.4. The number of aliphatic imine (C=N–C) groups is 2. The molecule has 1 fully saturated rings. The number of carboxylic acid groups (broad SMARTS) is 1. The first-order valence-corrected chi connectivity index (χ1v) is 12.4. The van der Waals surface area contributed by atoms with E-state index in [2.05, 4.69) is 9.98 Å². The van der Waals surface area contributed by atoms with Crippen molar-refractivity contribution in [3.8, 4) is 0 Å². The van der Waals surface area contributed by atoms with Crippen LogP contribution in [0, 0.1) is 17.0 Å². The third-order valence-electron chi connectivity index (χ3n) is 6.56. The summed E-state index contributed by atoms with van der Waals surface area (Å²) in [6, 6.07) is 19.4. The topological polar surface area (TPSA) is 134 Å². The zero-order valence-electron chi connectivity index (χ0n) is 21.6. The Morgan fingerprint density at radius 2 is 1.77 bits per heavy atom. The van der Waals surface area contributed by atoms with Crippen molar-refractivity contribution < 1.29 is 36.4 Å². The van der Waals surface area contributed by atoms with Gasteiger partial charge in [0.1, 0.15) is 0 Å². The second-order valence-electron chi connectivity index (χ2n) is 9.32. The Morgan fingerprint density at radius 1 is 1.08 bits per heavy atom. The molecule has 3 aromatic rings. The fourth-order valence-electron chi connectivity index (χ4n) is 4.61. The van der Waals surface area contributed by atoms with Gasteiger partial charge in [-0.05, 0) is 51.3 Å². The molecule has 4 rings (SSSR count). The van der Waals surface area contributed by atoms with Crippen molar-refractivity contribution in [3.05, 3.63) is 105 Å². The van der Waals surface area contributed by atoms with E-state index >= 15 is 0 Å². The number of benzene rings is 3. The van der Waals surface area contributed by atoms with E-state index in [1.807, 2.05) is 54.3 Å². The Labute approximate surface area is 237 Å². The standard InChI is InChI=1S/C29H30N4O5.Ni/c1-19-14-15-24(23(17-19)27(30-20(2)29(35)36)21-9-4-3-5-10-21)31-28(34)26-13-8-16-32(26)18-22-11-6-7-12-25(22)33(37)38;/h3-7,9-12,14-15,17,20,26H,8,13,16,18H2,1-2H3,(H,31,34)(H,35,36);/q;+2/p-2/t20-,26?;/m1./s1. The molecule has 0 amide bonds. The van der Waals surface area contributed by atoms with Crippen LogP contribution in [0.2, 0.25) is 0 Å². The summed E-state index contributed by atoms with van der Waals surface area (Å²) in [5.74, 6) is -1.66. The van der Waals surface area contributed by atoms with Gasteiger partial charge in [-0.1, -0.05) is 60.2 Å². The first-order chi connectivity index (χ1) is 18.2. The smallest absolute Gasteiger partial charge is 0.861 e. The maximum absolute atomic E-state index is 13.5. The molecule has 1 aliphatic rings. The molecule has 0 saturated carbocycles. The van der Waals surface area contributed by atoms with Crippen molar-refractivity contribution >= 4 is 29.0 Å². The van der Waals surface area contributed by atoms with Crippen LogP contribution in [0.4, 0.5) is 11.4 Å². The fraction of sp³-hybridized carbons (Fsp3) is 0.276. The molecule has 1 saturated heterocycles. The number of nitrogens with zero attached hydrogens (tertiary/aromatic N) is 4. The zero-order chi connectivity index (χ0) is 27.2. The largest absolute Gasteiger partial charge is 2.00 e. The SMILES string of the molecule is Cc1ccc(N=C([O-])C2CCCN2Cc2ccccc2[N+](=O)[O-])c(C(=N[C@H](C)C(=O)[O-])c2ccccc2)c1.[Ni+2]. The van der Waals surface area contributed by atoms with Gasteiger partial charge < -0.3 is 15.0 Å². The van der Waals surface area contributed by atoms with E-state index in [0.717, 1.165) is 12.0 Å². The van der Waals surface area contributed by atoms with Crippen molar-refractivity contribution in [3.63, 3.8) is 0 Å². The molecular weight excluding hydrogens is 543 g/mol. The quantitative estimate of drug-likeness (QED) is 0.128. The molecule has 3 aromatic carbocycles. The summed E-state index contributed by atoms with van der Waals surface area (Å²) in [5, 5.41) is 36.5. The number of rotatable bonds is 9. The van der Waals surface area contributed by atoms with E-state index in [1.54, 1.807) is 24.3 Å². The Hall–Kier alpha value is -3.88. The summed E-state index contributed by atoms with van der Waals surface area (Å²) in [4.78, 5) is 33.4. The Kier molecular flexibility index (Phi) is 10.1. The van der Waals surface area contributed by atoms with E-state index in [1.165, 1.54) is 13.0 Å². The summed E-state index contributed by atoms with van der Waals surface area (Å²) in [5.41, 5.74) is 3.48. The molecule has 0 aromatic heterocycles. The van der Waals surface area contributed by atoms with E-state index in [-0.39, 0.29) is 34.6 Å². The van der Waals surface area contributed by atoms with Gasteiger partial charge in [0, 0.05) is 35.3 Å². The maximum Gasteiger partial charge on any atom is 2.00 e. The first kappa shape index (κ1) is 29.7. The molecule has 0 N–H and O–H groups in total. The molecule has 204 valence electrons. The molecule has 0 spiro atoms. The third kappa shape index (κ3) is 7.16. The molecule has 9 nitrogen and oxygen atoms in total. The van der Waals surface area contributed by atoms with Crippen LogP contribution in [0.25, 0.3) is 0 Å². The van der Waals surface area contributed by atoms with E-state index in [4.69, 9.17) is 0 Å². The van der Waals surface area contributed by atoms with Gasteiger partial charge in [-0.2, -0.15) is 0 Å². The monoisotopic (exact) mass is 570 g/mol. The molecule has 1 unspecified atom stereocenters. The average molecular weight is 571 g/mol. The molecule has 1 aliphatic heterocycles. The summed E-state index contributed by atoms with van der Waals surface area (Å²) in [7, 11) is 0. The van der Waals surface area contributed by atoms with E-state index in [0.29, 0.717) is 41.1 Å². The summed E-state index contributed by atoms with van der Waals surface area (Å²) < 4.78 is 0. The summed E-state index contributed by atoms with van der Waals surface area (Å²) >= 11 is 0. The zero-order valence-corrected chi connectivity index (χ0v) is 22.5. The normalized spacial score (nSPS) is 16.9. The third-order valence-corrected chi connectivity index (χ3v) is 6.56. The van der Waals surface area contributed by atoms with Gasteiger partial charge in [-0.3, -0.25) is 25.0 Å². The number of nitro benzene ring substituents is 1. The predicted octanol–water partition coefficient (Wildman–Crippen LogP) is 2.93. The number of hydrogen-bond acceptors (Lipinski definition) is 8. The number of carbonyl (C=O) groups excluding carboxylic acids is 1. The summed E-state index contributed by atoms with van der Waals surface area (Å²) in [6.45, 7) is 4.23.